The summed E-state index contributed by atoms with van der Waals surface area (Å²) in [4.78, 5) is 6.62. The Hall–Kier alpha value is -1.91. The lowest BCUT2D eigenvalue weighted by molar-refractivity contribution is 0.510. The molecule has 1 unspecified atom stereocenters. The number of anilines is 1. The standard InChI is InChI=1S/C17H17ClFN3/c1-2-15(20)17-21-16-8-4-7-14(18)13(16)10-22(17)12-6-3-5-11(19)9-12/h3-10,15,17H,2,20H2,1H3/t15?,17-/m1/s1. The molecule has 0 saturated heterocycles. The first kappa shape index (κ1) is 15.0. The van der Waals surface area contributed by atoms with Gasteiger partial charge < -0.3 is 10.6 Å². The van der Waals surface area contributed by atoms with Gasteiger partial charge in [-0.15, -0.1) is 0 Å². The van der Waals surface area contributed by atoms with Crippen LogP contribution in [0.2, 0.25) is 5.02 Å². The molecule has 0 radical (unpaired) electrons. The zero-order valence-electron chi connectivity index (χ0n) is 12.2. The highest BCUT2D eigenvalue weighted by Crippen LogP contribution is 2.22. The van der Waals surface area contributed by atoms with Gasteiger partial charge in [0, 0.05) is 23.1 Å². The van der Waals surface area contributed by atoms with Crippen LogP contribution in [0.25, 0.3) is 6.20 Å². The molecular formula is C17H17ClFN3. The number of hydrogen-bond donors (Lipinski definition) is 1. The van der Waals surface area contributed by atoms with Crippen LogP contribution in [-0.2, 0) is 0 Å². The van der Waals surface area contributed by atoms with Crippen LogP contribution in [0.4, 0.5) is 10.1 Å². The maximum absolute atomic E-state index is 13.6. The second-order valence-corrected chi connectivity index (χ2v) is 5.71. The zero-order valence-corrected chi connectivity index (χ0v) is 13.0. The van der Waals surface area contributed by atoms with Crippen LogP contribution in [-0.4, -0.2) is 12.2 Å². The molecule has 22 heavy (non-hydrogen) atoms. The summed E-state index contributed by atoms with van der Waals surface area (Å²) in [5.41, 5.74) is 6.94. The number of fused-ring (bicyclic) bond motifs is 1. The Kier molecular flexibility index (Phi) is 4.14. The van der Waals surface area contributed by atoms with E-state index < -0.39 is 0 Å². The van der Waals surface area contributed by atoms with Crippen LogP contribution in [0.3, 0.4) is 0 Å². The van der Waals surface area contributed by atoms with E-state index >= 15 is 0 Å². The SMILES string of the molecule is CCC(N)[C@@H]1N=c2cccc(Cl)c2=CN1c1cccc(F)c1. The van der Waals surface area contributed by atoms with E-state index in [0.29, 0.717) is 10.7 Å². The number of rotatable bonds is 3. The van der Waals surface area contributed by atoms with Crippen molar-refractivity contribution in [1.29, 1.82) is 0 Å². The Morgan fingerprint density at radius 2 is 2.09 bits per heavy atom. The molecule has 114 valence electrons. The summed E-state index contributed by atoms with van der Waals surface area (Å²) in [6.07, 6.45) is 2.39. The largest absolute Gasteiger partial charge is 0.324 e. The lowest BCUT2D eigenvalue weighted by Crippen LogP contribution is -2.50. The second-order valence-electron chi connectivity index (χ2n) is 5.30. The third-order valence-electron chi connectivity index (χ3n) is 3.82. The van der Waals surface area contributed by atoms with E-state index in [2.05, 4.69) is 0 Å². The number of nitrogens with zero attached hydrogens (tertiary/aromatic N) is 2. The van der Waals surface area contributed by atoms with Crippen LogP contribution in [0, 0.1) is 5.82 Å². The van der Waals surface area contributed by atoms with Gasteiger partial charge in [0.2, 0.25) is 0 Å². The van der Waals surface area contributed by atoms with Crippen molar-refractivity contribution in [3.05, 3.63) is 63.9 Å². The summed E-state index contributed by atoms with van der Waals surface area (Å²) < 4.78 is 13.6. The molecule has 0 spiro atoms. The molecule has 2 aromatic carbocycles. The van der Waals surface area contributed by atoms with E-state index in [4.69, 9.17) is 22.3 Å². The fraction of sp³-hybridized carbons (Fsp3) is 0.235. The minimum absolute atomic E-state index is 0.161. The van der Waals surface area contributed by atoms with Gasteiger partial charge in [0.05, 0.1) is 10.4 Å². The van der Waals surface area contributed by atoms with Gasteiger partial charge in [-0.25, -0.2) is 4.39 Å². The molecule has 3 nitrogen and oxygen atoms in total. The Morgan fingerprint density at radius 3 is 2.82 bits per heavy atom. The summed E-state index contributed by atoms with van der Waals surface area (Å²) in [7, 11) is 0. The molecule has 0 aliphatic carbocycles. The normalized spacial score (nSPS) is 18.2. The number of halogens is 2. The molecular weight excluding hydrogens is 301 g/mol. The minimum atomic E-state index is -0.292. The predicted molar refractivity (Wildman–Crippen MR) is 87.6 cm³/mol. The van der Waals surface area contributed by atoms with Crippen molar-refractivity contribution in [3.63, 3.8) is 0 Å². The Bertz CT molecular complexity index is 806. The van der Waals surface area contributed by atoms with Gasteiger partial charge in [-0.1, -0.05) is 30.7 Å². The van der Waals surface area contributed by atoms with Crippen molar-refractivity contribution in [1.82, 2.24) is 0 Å². The van der Waals surface area contributed by atoms with E-state index in [1.54, 1.807) is 6.07 Å². The summed E-state index contributed by atoms with van der Waals surface area (Å²) >= 11 is 6.26. The van der Waals surface area contributed by atoms with Crippen LogP contribution in [0.1, 0.15) is 13.3 Å². The second kappa shape index (κ2) is 6.07. The van der Waals surface area contributed by atoms with E-state index in [9.17, 15) is 4.39 Å². The first-order valence-electron chi connectivity index (χ1n) is 7.24. The van der Waals surface area contributed by atoms with Crippen molar-refractivity contribution in [2.45, 2.75) is 25.6 Å². The molecule has 1 aliphatic rings. The van der Waals surface area contributed by atoms with Crippen molar-refractivity contribution in [2.24, 2.45) is 10.7 Å². The first-order chi connectivity index (χ1) is 10.6. The van der Waals surface area contributed by atoms with Crippen LogP contribution in [0.5, 0.6) is 0 Å². The van der Waals surface area contributed by atoms with Crippen LogP contribution in [0.15, 0.2) is 47.5 Å². The molecule has 0 aromatic heterocycles. The molecule has 0 saturated carbocycles. The topological polar surface area (TPSA) is 41.6 Å². The molecule has 2 atom stereocenters. The van der Waals surface area contributed by atoms with E-state index in [1.165, 1.54) is 12.1 Å². The number of nitrogens with two attached hydrogens (primary N) is 1. The zero-order chi connectivity index (χ0) is 15.7. The van der Waals surface area contributed by atoms with E-state index in [-0.39, 0.29) is 18.0 Å². The maximum atomic E-state index is 13.6. The Morgan fingerprint density at radius 1 is 1.32 bits per heavy atom. The monoisotopic (exact) mass is 317 g/mol. The van der Waals surface area contributed by atoms with E-state index in [1.807, 2.05) is 42.3 Å². The fourth-order valence-corrected chi connectivity index (χ4v) is 2.78. The van der Waals surface area contributed by atoms with Gasteiger partial charge in [0.15, 0.2) is 0 Å². The van der Waals surface area contributed by atoms with Gasteiger partial charge in [0.25, 0.3) is 0 Å². The third kappa shape index (κ3) is 2.72. The molecule has 1 heterocycles. The number of hydrogen-bond acceptors (Lipinski definition) is 3. The minimum Gasteiger partial charge on any atom is -0.324 e. The average Bonchev–Trinajstić information content (AvgIpc) is 2.53. The van der Waals surface area contributed by atoms with Gasteiger partial charge >= 0.3 is 0 Å². The van der Waals surface area contributed by atoms with Crippen molar-refractivity contribution >= 4 is 23.5 Å². The average molecular weight is 318 g/mol. The summed E-state index contributed by atoms with van der Waals surface area (Å²) in [5, 5.41) is 2.26. The Labute approximate surface area is 133 Å². The van der Waals surface area contributed by atoms with Crippen LogP contribution < -0.4 is 21.2 Å². The van der Waals surface area contributed by atoms with Crippen LogP contribution >= 0.6 is 11.6 Å². The summed E-state index contributed by atoms with van der Waals surface area (Å²) in [5.74, 6) is -0.292. The molecule has 5 heteroatoms. The predicted octanol–water partition coefficient (Wildman–Crippen LogP) is 2.42. The van der Waals surface area contributed by atoms with Gasteiger partial charge in [0.1, 0.15) is 12.0 Å². The van der Waals surface area contributed by atoms with Gasteiger partial charge in [-0.3, -0.25) is 4.99 Å². The molecule has 0 fully saturated rings. The summed E-state index contributed by atoms with van der Waals surface area (Å²) in [6, 6.07) is 11.8. The van der Waals surface area contributed by atoms with Crippen molar-refractivity contribution < 1.29 is 4.39 Å². The van der Waals surface area contributed by atoms with Crippen molar-refractivity contribution in [3.8, 4) is 0 Å². The molecule has 2 aromatic rings. The smallest absolute Gasteiger partial charge is 0.140 e. The molecule has 3 rings (SSSR count). The fourth-order valence-electron chi connectivity index (χ4n) is 2.56. The van der Waals surface area contributed by atoms with Gasteiger partial charge in [-0.05, 0) is 36.8 Å². The first-order valence-corrected chi connectivity index (χ1v) is 7.61. The maximum Gasteiger partial charge on any atom is 0.140 e. The highest BCUT2D eigenvalue weighted by Gasteiger charge is 2.25. The Balaban J connectivity index is 2.19. The highest BCUT2D eigenvalue weighted by atomic mass is 35.5. The lowest BCUT2D eigenvalue weighted by Gasteiger charge is -2.33. The summed E-state index contributed by atoms with van der Waals surface area (Å²) in [6.45, 7) is 2.01. The quantitative estimate of drug-likeness (QED) is 0.944. The van der Waals surface area contributed by atoms with E-state index in [0.717, 1.165) is 17.0 Å². The van der Waals surface area contributed by atoms with Gasteiger partial charge in [-0.2, -0.15) is 0 Å². The van der Waals surface area contributed by atoms with Crippen molar-refractivity contribution in [2.75, 3.05) is 4.90 Å². The molecule has 1 aliphatic heterocycles. The number of benzene rings is 2. The molecule has 2 N–H and O–H groups in total. The highest BCUT2D eigenvalue weighted by molar-refractivity contribution is 6.30. The third-order valence-corrected chi connectivity index (χ3v) is 4.14. The molecule has 0 bridgehead atoms. The molecule has 0 amide bonds. The lowest BCUT2D eigenvalue weighted by atomic mass is 10.1.